The smallest absolute Gasteiger partial charge is 0.114 e. The molecule has 1 aromatic heterocycles. The van der Waals surface area contributed by atoms with Crippen molar-refractivity contribution in [3.63, 3.8) is 0 Å². The highest BCUT2D eigenvalue weighted by Crippen LogP contribution is 2.58. The van der Waals surface area contributed by atoms with Crippen molar-refractivity contribution in [2.24, 2.45) is 5.41 Å². The lowest BCUT2D eigenvalue weighted by Gasteiger charge is -2.26. The number of nitriles is 1. The highest BCUT2D eigenvalue weighted by molar-refractivity contribution is 7.12. The van der Waals surface area contributed by atoms with E-state index in [2.05, 4.69) is 6.07 Å². The van der Waals surface area contributed by atoms with Crippen LogP contribution < -0.4 is 0 Å². The zero-order chi connectivity index (χ0) is 10.4. The van der Waals surface area contributed by atoms with Crippen molar-refractivity contribution < 1.29 is 5.11 Å². The predicted octanol–water partition coefficient (Wildman–Crippen LogP) is 2.57. The van der Waals surface area contributed by atoms with Gasteiger partial charge in [-0.25, -0.2) is 0 Å². The van der Waals surface area contributed by atoms with E-state index in [9.17, 15) is 5.11 Å². The van der Waals surface area contributed by atoms with Crippen LogP contribution in [0, 0.1) is 23.7 Å². The predicted molar refractivity (Wildman–Crippen MR) is 55.9 cm³/mol. The minimum absolute atomic E-state index is 0.524. The van der Waals surface area contributed by atoms with Crippen LogP contribution in [0.25, 0.3) is 0 Å². The molecule has 1 atom stereocenters. The third kappa shape index (κ3) is 1.18. The average molecular weight is 207 g/mol. The van der Waals surface area contributed by atoms with Crippen LogP contribution in [0.4, 0.5) is 0 Å². The number of hydrogen-bond donors (Lipinski definition) is 1. The summed E-state index contributed by atoms with van der Waals surface area (Å²) in [6.07, 6.45) is 1.63. The third-order valence-corrected chi connectivity index (χ3v) is 4.33. The number of aryl methyl sites for hydroxylation is 1. The minimum Gasteiger partial charge on any atom is -0.383 e. The molecule has 0 amide bonds. The molecule has 1 N–H and O–H groups in total. The van der Waals surface area contributed by atoms with Crippen molar-refractivity contribution in [2.75, 3.05) is 0 Å². The Balaban J connectivity index is 2.38. The quantitative estimate of drug-likeness (QED) is 0.810. The Morgan fingerprint density at radius 3 is 2.57 bits per heavy atom. The molecule has 0 aromatic carbocycles. The second kappa shape index (κ2) is 2.82. The van der Waals surface area contributed by atoms with E-state index in [0.29, 0.717) is 0 Å². The lowest BCUT2D eigenvalue weighted by molar-refractivity contribution is 0.00769. The summed E-state index contributed by atoms with van der Waals surface area (Å²) in [5, 5.41) is 19.4. The summed E-state index contributed by atoms with van der Waals surface area (Å²) in [5.41, 5.74) is -1.50. The van der Waals surface area contributed by atoms with E-state index in [4.69, 9.17) is 5.26 Å². The standard InChI is InChI=1S/C11H13NOS/c1-8-3-4-9(14-8)10(2,13)11(7-12)5-6-11/h3-4,13H,5-6H2,1-2H3. The molecule has 0 bridgehead atoms. The van der Waals surface area contributed by atoms with Gasteiger partial charge >= 0.3 is 0 Å². The zero-order valence-electron chi connectivity index (χ0n) is 8.37. The van der Waals surface area contributed by atoms with Gasteiger partial charge in [-0.05, 0) is 38.8 Å². The average Bonchev–Trinajstić information content (AvgIpc) is 2.84. The molecule has 1 aliphatic carbocycles. The lowest BCUT2D eigenvalue weighted by atomic mass is 9.86. The molecule has 1 saturated carbocycles. The van der Waals surface area contributed by atoms with Gasteiger partial charge in [-0.3, -0.25) is 0 Å². The summed E-state index contributed by atoms with van der Waals surface area (Å²) < 4.78 is 0. The van der Waals surface area contributed by atoms with Gasteiger partial charge < -0.3 is 5.11 Å². The molecule has 1 fully saturated rings. The molecule has 0 spiro atoms. The van der Waals surface area contributed by atoms with E-state index in [-0.39, 0.29) is 0 Å². The number of rotatable bonds is 2. The Labute approximate surface area is 87.8 Å². The molecule has 2 nitrogen and oxygen atoms in total. The first kappa shape index (κ1) is 9.70. The second-order valence-electron chi connectivity index (χ2n) is 4.18. The molecule has 0 aliphatic heterocycles. The van der Waals surface area contributed by atoms with E-state index in [1.165, 1.54) is 4.88 Å². The maximum Gasteiger partial charge on any atom is 0.114 e. The largest absolute Gasteiger partial charge is 0.383 e. The van der Waals surface area contributed by atoms with Gasteiger partial charge in [0.2, 0.25) is 0 Å². The normalized spacial score (nSPS) is 22.4. The van der Waals surface area contributed by atoms with E-state index in [0.717, 1.165) is 17.7 Å². The fraction of sp³-hybridized carbons (Fsp3) is 0.545. The van der Waals surface area contributed by atoms with E-state index >= 15 is 0 Å². The Kier molecular flexibility index (Phi) is 1.95. The Hall–Kier alpha value is -0.850. The second-order valence-corrected chi connectivity index (χ2v) is 5.46. The molecular weight excluding hydrogens is 194 g/mol. The number of aliphatic hydroxyl groups is 1. The van der Waals surface area contributed by atoms with Crippen molar-refractivity contribution in [3.8, 4) is 6.07 Å². The van der Waals surface area contributed by atoms with E-state index in [1.807, 2.05) is 19.1 Å². The molecule has 74 valence electrons. The summed E-state index contributed by atoms with van der Waals surface area (Å²) in [4.78, 5) is 2.09. The summed E-state index contributed by atoms with van der Waals surface area (Å²) in [6.45, 7) is 3.77. The van der Waals surface area contributed by atoms with Gasteiger partial charge in [-0.2, -0.15) is 5.26 Å². The van der Waals surface area contributed by atoms with Gasteiger partial charge in [0.05, 0.1) is 11.5 Å². The number of nitrogens with zero attached hydrogens (tertiary/aromatic N) is 1. The fourth-order valence-corrected chi connectivity index (χ4v) is 2.78. The Morgan fingerprint density at radius 1 is 1.57 bits per heavy atom. The molecule has 1 unspecified atom stereocenters. The highest BCUT2D eigenvalue weighted by atomic mass is 32.1. The third-order valence-electron chi connectivity index (χ3n) is 3.12. The SMILES string of the molecule is Cc1ccc(C(C)(O)C2(C#N)CC2)s1. The van der Waals surface area contributed by atoms with Crippen molar-refractivity contribution in [3.05, 3.63) is 21.9 Å². The van der Waals surface area contributed by atoms with Crippen LogP contribution in [-0.2, 0) is 5.60 Å². The molecule has 1 aliphatic rings. The van der Waals surface area contributed by atoms with Gasteiger partial charge in [0, 0.05) is 9.75 Å². The molecule has 2 rings (SSSR count). The van der Waals surface area contributed by atoms with Gasteiger partial charge in [0.25, 0.3) is 0 Å². The molecule has 0 radical (unpaired) electrons. The van der Waals surface area contributed by atoms with E-state index < -0.39 is 11.0 Å². The van der Waals surface area contributed by atoms with Crippen molar-refractivity contribution in [1.29, 1.82) is 5.26 Å². The Bertz CT molecular complexity index is 396. The van der Waals surface area contributed by atoms with Gasteiger partial charge in [0.1, 0.15) is 5.60 Å². The maximum absolute atomic E-state index is 10.4. The van der Waals surface area contributed by atoms with E-state index in [1.54, 1.807) is 18.3 Å². The van der Waals surface area contributed by atoms with Gasteiger partial charge in [-0.15, -0.1) is 11.3 Å². The van der Waals surface area contributed by atoms with Crippen LogP contribution in [0.1, 0.15) is 29.5 Å². The molecule has 1 heterocycles. The topological polar surface area (TPSA) is 44.0 Å². The summed E-state index contributed by atoms with van der Waals surface area (Å²) >= 11 is 1.58. The van der Waals surface area contributed by atoms with Crippen molar-refractivity contribution >= 4 is 11.3 Å². The number of hydrogen-bond acceptors (Lipinski definition) is 3. The van der Waals surface area contributed by atoms with Crippen LogP contribution in [0.15, 0.2) is 12.1 Å². The van der Waals surface area contributed by atoms with Gasteiger partial charge in [0.15, 0.2) is 0 Å². The molecule has 14 heavy (non-hydrogen) atoms. The zero-order valence-corrected chi connectivity index (χ0v) is 9.19. The fourth-order valence-electron chi connectivity index (χ4n) is 1.76. The number of thiophene rings is 1. The van der Waals surface area contributed by atoms with Crippen LogP contribution >= 0.6 is 11.3 Å². The molecule has 3 heteroatoms. The maximum atomic E-state index is 10.4. The van der Waals surface area contributed by atoms with Crippen LogP contribution in [0.5, 0.6) is 0 Å². The monoisotopic (exact) mass is 207 g/mol. The van der Waals surface area contributed by atoms with Crippen molar-refractivity contribution in [1.82, 2.24) is 0 Å². The summed E-state index contributed by atoms with van der Waals surface area (Å²) in [7, 11) is 0. The minimum atomic E-state index is -0.972. The first-order valence-corrected chi connectivity index (χ1v) is 5.54. The first-order chi connectivity index (χ1) is 6.52. The molecule has 0 saturated heterocycles. The van der Waals surface area contributed by atoms with Crippen LogP contribution in [0.3, 0.4) is 0 Å². The lowest BCUT2D eigenvalue weighted by Crippen LogP contribution is -2.31. The summed E-state index contributed by atoms with van der Waals surface area (Å²) in [6, 6.07) is 6.17. The highest BCUT2D eigenvalue weighted by Gasteiger charge is 2.58. The van der Waals surface area contributed by atoms with Crippen LogP contribution in [0.2, 0.25) is 0 Å². The molecule has 1 aromatic rings. The van der Waals surface area contributed by atoms with Crippen LogP contribution in [-0.4, -0.2) is 5.11 Å². The Morgan fingerprint density at radius 2 is 2.21 bits per heavy atom. The van der Waals surface area contributed by atoms with Crippen molar-refractivity contribution in [2.45, 2.75) is 32.3 Å². The van der Waals surface area contributed by atoms with Gasteiger partial charge in [-0.1, -0.05) is 0 Å². The summed E-state index contributed by atoms with van der Waals surface area (Å²) in [5.74, 6) is 0. The first-order valence-electron chi connectivity index (χ1n) is 4.72. The molecular formula is C11H13NOS.